The minimum atomic E-state index is -1.98. The van der Waals surface area contributed by atoms with E-state index in [2.05, 4.69) is 55.6 Å². The molecule has 0 saturated carbocycles. The Hall–Kier alpha value is -2.25. The number of amides is 1. The summed E-state index contributed by atoms with van der Waals surface area (Å²) in [5, 5.41) is 121. The fourth-order valence-electron chi connectivity index (χ4n) is 14.3. The maximum absolute atomic E-state index is 13.5. The van der Waals surface area contributed by atoms with Gasteiger partial charge in [-0.3, -0.25) is 4.79 Å². The quantitative estimate of drug-likeness (QED) is 0.0199. The molecule has 0 spiro atoms. The molecule has 17 unspecified atom stereocenters. The van der Waals surface area contributed by atoms with Gasteiger partial charge < -0.3 is 89.9 Å². The van der Waals surface area contributed by atoms with Crippen molar-refractivity contribution >= 4 is 5.91 Å². The summed E-state index contributed by atoms with van der Waals surface area (Å²) in [6, 6.07) is -0.973. The molecule has 19 nitrogen and oxygen atoms in total. The van der Waals surface area contributed by atoms with E-state index in [0.29, 0.717) is 6.42 Å². The van der Waals surface area contributed by atoms with E-state index in [4.69, 9.17) is 28.4 Å². The number of carbonyl (C=O) groups is 1. The van der Waals surface area contributed by atoms with Gasteiger partial charge >= 0.3 is 0 Å². The molecular weight excluding hydrogens is 1310 g/mol. The van der Waals surface area contributed by atoms with Gasteiger partial charge in [0, 0.05) is 6.42 Å². The van der Waals surface area contributed by atoms with Gasteiger partial charge in [-0.25, -0.2) is 0 Å². The third-order valence-electron chi connectivity index (χ3n) is 21.1. The van der Waals surface area contributed by atoms with Crippen LogP contribution in [0.3, 0.4) is 0 Å². The van der Waals surface area contributed by atoms with Crippen LogP contribution in [0.4, 0.5) is 0 Å². The average molecular weight is 1470 g/mol. The van der Waals surface area contributed by atoms with Gasteiger partial charge in [-0.2, -0.15) is 0 Å². The lowest BCUT2D eigenvalue weighted by Crippen LogP contribution is -2.66. The Bertz CT molecular complexity index is 2050. The van der Waals surface area contributed by atoms with E-state index >= 15 is 0 Å². The summed E-state index contributed by atoms with van der Waals surface area (Å²) < 4.78 is 34.5. The summed E-state index contributed by atoms with van der Waals surface area (Å²) in [5.74, 6) is -0.269. The second-order valence-electron chi connectivity index (χ2n) is 30.3. The van der Waals surface area contributed by atoms with Crippen molar-refractivity contribution in [2.45, 2.75) is 452 Å². The smallest absolute Gasteiger partial charge is 0.220 e. The number of rotatable bonds is 68. The molecule has 0 aliphatic carbocycles. The van der Waals surface area contributed by atoms with Crippen LogP contribution in [0, 0.1) is 0 Å². The first kappa shape index (κ1) is 95.0. The van der Waals surface area contributed by atoms with Gasteiger partial charge in [0.25, 0.3) is 0 Å². The van der Waals surface area contributed by atoms with Gasteiger partial charge in [0.15, 0.2) is 18.9 Å². The van der Waals surface area contributed by atoms with E-state index < -0.39 is 124 Å². The summed E-state index contributed by atoms with van der Waals surface area (Å²) >= 11 is 0. The zero-order chi connectivity index (χ0) is 74.6. The number of hydrogen-bond acceptors (Lipinski definition) is 18. The molecular formula is C84H155NO18. The predicted octanol–water partition coefficient (Wildman–Crippen LogP) is 14.8. The second-order valence-corrected chi connectivity index (χ2v) is 30.3. The summed E-state index contributed by atoms with van der Waals surface area (Å²) in [7, 11) is 0. The number of aliphatic hydroxyl groups excluding tert-OH is 11. The zero-order valence-electron chi connectivity index (χ0n) is 64.8. The molecule has 3 aliphatic rings. The Morgan fingerprint density at radius 3 is 1.00 bits per heavy atom. The molecule has 0 aromatic carbocycles. The van der Waals surface area contributed by atoms with Crippen LogP contribution >= 0.6 is 0 Å². The monoisotopic (exact) mass is 1470 g/mol. The molecule has 17 atom stereocenters. The highest BCUT2D eigenvalue weighted by Gasteiger charge is 2.54. The Balaban J connectivity index is 1.32. The highest BCUT2D eigenvalue weighted by atomic mass is 16.8. The highest BCUT2D eigenvalue weighted by molar-refractivity contribution is 5.76. The molecule has 19 heteroatoms. The van der Waals surface area contributed by atoms with Crippen LogP contribution < -0.4 is 5.32 Å². The fourth-order valence-corrected chi connectivity index (χ4v) is 14.3. The maximum atomic E-state index is 13.5. The predicted molar refractivity (Wildman–Crippen MR) is 411 cm³/mol. The van der Waals surface area contributed by atoms with Crippen LogP contribution in [-0.4, -0.2) is 193 Å². The van der Waals surface area contributed by atoms with Crippen LogP contribution in [0.1, 0.15) is 348 Å². The lowest BCUT2D eigenvalue weighted by Gasteiger charge is -2.48. The van der Waals surface area contributed by atoms with Crippen molar-refractivity contribution in [1.82, 2.24) is 5.32 Å². The number of allylic oxidation sites excluding steroid dienone is 7. The third-order valence-corrected chi connectivity index (χ3v) is 21.1. The normalized spacial score (nSPS) is 26.2. The van der Waals surface area contributed by atoms with Crippen LogP contribution in [0.25, 0.3) is 0 Å². The van der Waals surface area contributed by atoms with Crippen molar-refractivity contribution in [2.24, 2.45) is 0 Å². The summed E-state index contributed by atoms with van der Waals surface area (Å²) in [4.78, 5) is 13.5. The van der Waals surface area contributed by atoms with Crippen molar-refractivity contribution in [3.63, 3.8) is 0 Å². The Morgan fingerprint density at radius 1 is 0.350 bits per heavy atom. The average Bonchev–Trinajstić information content (AvgIpc) is 0.781. The lowest BCUT2D eigenvalue weighted by atomic mass is 9.96. The third kappa shape index (κ3) is 44.3. The Labute approximate surface area is 624 Å². The molecule has 3 fully saturated rings. The molecule has 0 aromatic rings. The van der Waals surface area contributed by atoms with Gasteiger partial charge in [0.05, 0.1) is 38.6 Å². The van der Waals surface area contributed by atoms with Crippen molar-refractivity contribution in [3.8, 4) is 0 Å². The van der Waals surface area contributed by atoms with Crippen molar-refractivity contribution < 1.29 is 89.4 Å². The number of unbranched alkanes of at least 4 members (excludes halogenated alkanes) is 46. The summed E-state index contributed by atoms with van der Waals surface area (Å²) in [6.45, 7) is 1.77. The minimum absolute atomic E-state index is 0.247. The van der Waals surface area contributed by atoms with Gasteiger partial charge in [-0.05, 0) is 57.8 Å². The van der Waals surface area contributed by atoms with Crippen LogP contribution in [0.2, 0.25) is 0 Å². The first-order valence-corrected chi connectivity index (χ1v) is 42.4. The van der Waals surface area contributed by atoms with Crippen LogP contribution in [0.5, 0.6) is 0 Å². The largest absolute Gasteiger partial charge is 0.394 e. The van der Waals surface area contributed by atoms with E-state index in [9.17, 15) is 61.0 Å². The van der Waals surface area contributed by atoms with Crippen molar-refractivity contribution in [1.29, 1.82) is 0 Å². The van der Waals surface area contributed by atoms with E-state index in [1.165, 1.54) is 263 Å². The molecule has 103 heavy (non-hydrogen) atoms. The number of ether oxygens (including phenoxy) is 6. The standard InChI is InChI=1S/C84H155NO18/c1-3-5-7-9-11-13-15-17-19-21-23-25-26-27-28-29-30-31-32-33-34-35-36-37-38-39-40-42-44-46-48-50-52-54-56-58-60-62-72(90)85-67(68(89)61-59-57-55-53-51-49-47-45-43-41-24-22-20-18-16-14-12-10-8-6-4-2)66-98-82-78(96)75(93)80(70(64-87)100-82)103-84-79(97)76(94)81(71(65-88)101-84)102-83-77(95)74(92)73(91)69(63-86)99-83/h15,17,21,23,26-27,59,61,67-71,73-84,86-89,91-97H,3-14,16,18-20,22,24-25,28-58,60,62-66H2,1-2H3,(H,85,90)/b17-15-,23-21-,27-26-,61-59+. The van der Waals surface area contributed by atoms with Gasteiger partial charge in [0.1, 0.15) is 73.2 Å². The van der Waals surface area contributed by atoms with E-state index in [1.54, 1.807) is 6.08 Å². The minimum Gasteiger partial charge on any atom is -0.394 e. The van der Waals surface area contributed by atoms with E-state index in [0.717, 1.165) is 57.8 Å². The summed E-state index contributed by atoms with van der Waals surface area (Å²) in [6.07, 6.45) is 55.4. The maximum Gasteiger partial charge on any atom is 0.220 e. The lowest BCUT2D eigenvalue weighted by molar-refractivity contribution is -0.379. The molecule has 3 heterocycles. The van der Waals surface area contributed by atoms with Crippen LogP contribution in [-0.2, 0) is 33.2 Å². The number of aliphatic hydroxyl groups is 11. The Morgan fingerprint density at radius 2 is 0.641 bits per heavy atom. The highest BCUT2D eigenvalue weighted by Crippen LogP contribution is 2.33. The number of hydrogen-bond donors (Lipinski definition) is 12. The molecule has 0 bridgehead atoms. The zero-order valence-corrected chi connectivity index (χ0v) is 64.8. The molecule has 3 rings (SSSR count). The summed E-state index contributed by atoms with van der Waals surface area (Å²) in [5.41, 5.74) is 0. The SMILES string of the molecule is CCCCCCC/C=C\C/C=C\C/C=C\CCCCCCCCCCCCCCCCCCCCCCCCC(=O)NC(COC1OC(CO)C(OC2OC(CO)C(OC3OC(CO)C(O)C(O)C3O)C(O)C2O)C(O)C1O)C(O)/C=C/CCCCCCCCCCCCCCCCCCCCC. The fraction of sp³-hybridized carbons (Fsp3) is 0.893. The van der Waals surface area contributed by atoms with Crippen molar-refractivity contribution in [3.05, 3.63) is 48.6 Å². The molecule has 0 aromatic heterocycles. The van der Waals surface area contributed by atoms with E-state index in [1.807, 2.05) is 6.08 Å². The van der Waals surface area contributed by atoms with Crippen molar-refractivity contribution in [2.75, 3.05) is 26.4 Å². The number of carbonyl (C=O) groups excluding carboxylic acids is 1. The molecule has 1 amide bonds. The topological polar surface area (TPSA) is 307 Å². The first-order valence-electron chi connectivity index (χ1n) is 42.4. The van der Waals surface area contributed by atoms with Gasteiger partial charge in [0.2, 0.25) is 5.91 Å². The molecule has 604 valence electrons. The Kier molecular flexibility index (Phi) is 59.5. The van der Waals surface area contributed by atoms with Gasteiger partial charge in [-0.1, -0.05) is 332 Å². The van der Waals surface area contributed by atoms with Crippen LogP contribution in [0.15, 0.2) is 48.6 Å². The molecule has 3 saturated heterocycles. The van der Waals surface area contributed by atoms with Gasteiger partial charge in [-0.15, -0.1) is 0 Å². The van der Waals surface area contributed by atoms with E-state index in [-0.39, 0.29) is 18.9 Å². The number of nitrogens with one attached hydrogen (secondary N) is 1. The second kappa shape index (κ2) is 64.6. The molecule has 12 N–H and O–H groups in total. The molecule has 0 radical (unpaired) electrons. The first-order chi connectivity index (χ1) is 50.3. The molecule has 3 aliphatic heterocycles.